The lowest BCUT2D eigenvalue weighted by molar-refractivity contribution is 0.0704. The number of halogens is 1. The summed E-state index contributed by atoms with van der Waals surface area (Å²) in [6, 6.07) is 18.7. The van der Waals surface area contributed by atoms with E-state index in [4.69, 9.17) is 23.0 Å². The second kappa shape index (κ2) is 8.72. The van der Waals surface area contributed by atoms with Crippen LogP contribution in [0.1, 0.15) is 10.6 Å². The number of hydrogen-bond acceptors (Lipinski definition) is 7. The summed E-state index contributed by atoms with van der Waals surface area (Å²) >= 11 is 3.39. The summed E-state index contributed by atoms with van der Waals surface area (Å²) < 4.78 is 28.1. The predicted molar refractivity (Wildman–Crippen MR) is 130 cm³/mol. The maximum absolute atomic E-state index is 12.8. The fourth-order valence-corrected chi connectivity index (χ4v) is 4.01. The third kappa shape index (κ3) is 4.04. The number of benzene rings is 3. The molecular formula is C26H17BrO7. The number of carbonyl (C=O) groups is 1. The van der Waals surface area contributed by atoms with Crippen LogP contribution in [0.2, 0.25) is 0 Å². The van der Waals surface area contributed by atoms with Gasteiger partial charge in [0.25, 0.3) is 0 Å². The molecule has 8 heteroatoms. The predicted octanol–water partition coefficient (Wildman–Crippen LogP) is 6.21. The highest BCUT2D eigenvalue weighted by molar-refractivity contribution is 9.10. The second-order valence-corrected chi connectivity index (χ2v) is 8.31. The van der Waals surface area contributed by atoms with Crippen molar-refractivity contribution < 1.29 is 27.8 Å². The van der Waals surface area contributed by atoms with Crippen molar-refractivity contribution >= 4 is 43.8 Å². The van der Waals surface area contributed by atoms with Gasteiger partial charge in [-0.2, -0.15) is 0 Å². The van der Waals surface area contributed by atoms with Gasteiger partial charge in [-0.3, -0.25) is 0 Å². The largest absolute Gasteiger partial charge is 0.497 e. The van der Waals surface area contributed by atoms with Crippen LogP contribution in [-0.4, -0.2) is 20.2 Å². The molecule has 0 aliphatic heterocycles. The first-order valence-electron chi connectivity index (χ1n) is 10.2. The number of hydrogen-bond donors (Lipinski definition) is 0. The number of esters is 1. The Morgan fingerprint density at radius 2 is 1.59 bits per heavy atom. The van der Waals surface area contributed by atoms with Crippen molar-refractivity contribution in [3.63, 3.8) is 0 Å². The van der Waals surface area contributed by atoms with Gasteiger partial charge < -0.3 is 23.0 Å². The molecule has 3 aromatic carbocycles. The van der Waals surface area contributed by atoms with Crippen molar-refractivity contribution in [2.24, 2.45) is 0 Å². The minimum Gasteiger partial charge on any atom is -0.497 e. The Hall–Kier alpha value is -4.04. The summed E-state index contributed by atoms with van der Waals surface area (Å²) in [5.74, 6) is 0.714. The number of fused-ring (bicyclic) bond motifs is 2. The molecule has 2 heterocycles. The fourth-order valence-electron chi connectivity index (χ4n) is 3.64. The van der Waals surface area contributed by atoms with E-state index < -0.39 is 11.6 Å². The summed E-state index contributed by atoms with van der Waals surface area (Å²) in [6.07, 6.45) is 0. The minimum atomic E-state index is -0.659. The Kier molecular flexibility index (Phi) is 5.59. The molecule has 0 N–H and O–H groups in total. The van der Waals surface area contributed by atoms with Gasteiger partial charge in [-0.1, -0.05) is 15.9 Å². The third-order valence-corrected chi connectivity index (χ3v) is 5.79. The first-order chi connectivity index (χ1) is 16.4. The van der Waals surface area contributed by atoms with Gasteiger partial charge in [0.05, 0.1) is 19.8 Å². The zero-order valence-electron chi connectivity index (χ0n) is 18.1. The van der Waals surface area contributed by atoms with Gasteiger partial charge in [-0.05, 0) is 54.6 Å². The smallest absolute Gasteiger partial charge is 0.379 e. The molecule has 0 amide bonds. The first kappa shape index (κ1) is 21.8. The normalized spacial score (nSPS) is 11.0. The molecule has 0 saturated heterocycles. The van der Waals surface area contributed by atoms with Crippen molar-refractivity contribution in [3.05, 3.63) is 87.4 Å². The van der Waals surface area contributed by atoms with Crippen molar-refractivity contribution in [1.29, 1.82) is 0 Å². The summed E-state index contributed by atoms with van der Waals surface area (Å²) in [5, 5.41) is 1.42. The standard InChI is InChI=1S/C26H17BrO7/c1-30-17-6-7-19(23(12-17)31-2)20-10-14-3-5-18(13-22(14)34-25(20)28)32-26(29)24-11-15-9-16(27)4-8-21(15)33-24/h3-13H,1-2H3. The quantitative estimate of drug-likeness (QED) is 0.155. The van der Waals surface area contributed by atoms with E-state index in [1.54, 1.807) is 55.6 Å². The van der Waals surface area contributed by atoms with Gasteiger partial charge in [0.2, 0.25) is 5.76 Å². The lowest BCUT2D eigenvalue weighted by Gasteiger charge is -2.10. The van der Waals surface area contributed by atoms with E-state index >= 15 is 0 Å². The van der Waals surface area contributed by atoms with Gasteiger partial charge >= 0.3 is 11.6 Å². The molecule has 0 fully saturated rings. The summed E-state index contributed by atoms with van der Waals surface area (Å²) in [7, 11) is 3.07. The Bertz CT molecular complexity index is 1610. The Balaban J connectivity index is 1.46. The molecule has 7 nitrogen and oxygen atoms in total. The van der Waals surface area contributed by atoms with Crippen molar-refractivity contribution in [1.82, 2.24) is 0 Å². The highest BCUT2D eigenvalue weighted by Crippen LogP contribution is 2.33. The molecule has 0 bridgehead atoms. The Morgan fingerprint density at radius 3 is 2.38 bits per heavy atom. The zero-order valence-corrected chi connectivity index (χ0v) is 19.7. The zero-order chi connectivity index (χ0) is 23.8. The molecule has 2 aromatic heterocycles. The minimum absolute atomic E-state index is 0.0663. The monoisotopic (exact) mass is 520 g/mol. The summed E-state index contributed by atoms with van der Waals surface area (Å²) in [5.41, 5.74) is 1.21. The van der Waals surface area contributed by atoms with Gasteiger partial charge in [0.15, 0.2) is 0 Å². The maximum Gasteiger partial charge on any atom is 0.379 e. The van der Waals surface area contributed by atoms with E-state index in [1.165, 1.54) is 13.2 Å². The van der Waals surface area contributed by atoms with Gasteiger partial charge in [0, 0.05) is 32.9 Å². The lowest BCUT2D eigenvalue weighted by Crippen LogP contribution is -2.07. The molecule has 34 heavy (non-hydrogen) atoms. The van der Waals surface area contributed by atoms with Crippen LogP contribution in [0.3, 0.4) is 0 Å². The van der Waals surface area contributed by atoms with Crippen molar-refractivity contribution in [2.75, 3.05) is 14.2 Å². The van der Waals surface area contributed by atoms with E-state index in [1.807, 2.05) is 12.1 Å². The van der Waals surface area contributed by atoms with E-state index in [-0.39, 0.29) is 17.1 Å². The first-order valence-corrected chi connectivity index (χ1v) is 11.0. The van der Waals surface area contributed by atoms with Crippen LogP contribution < -0.4 is 19.8 Å². The molecule has 0 spiro atoms. The number of furan rings is 1. The van der Waals surface area contributed by atoms with Gasteiger partial charge in [-0.25, -0.2) is 9.59 Å². The highest BCUT2D eigenvalue weighted by Gasteiger charge is 2.17. The fraction of sp³-hybridized carbons (Fsp3) is 0.0769. The van der Waals surface area contributed by atoms with Crippen LogP contribution in [0, 0.1) is 0 Å². The highest BCUT2D eigenvalue weighted by atomic mass is 79.9. The molecule has 0 unspecified atom stereocenters. The van der Waals surface area contributed by atoms with Crippen LogP contribution in [0.4, 0.5) is 0 Å². The molecular weight excluding hydrogens is 504 g/mol. The number of carbonyl (C=O) groups excluding carboxylic acids is 1. The molecule has 170 valence electrons. The van der Waals surface area contributed by atoms with Crippen molar-refractivity contribution in [2.45, 2.75) is 0 Å². The van der Waals surface area contributed by atoms with Crippen LogP contribution in [0.15, 0.2) is 84.8 Å². The van der Waals surface area contributed by atoms with E-state index in [9.17, 15) is 9.59 Å². The molecule has 0 saturated carbocycles. The van der Waals surface area contributed by atoms with Crippen LogP contribution >= 0.6 is 15.9 Å². The van der Waals surface area contributed by atoms with Crippen LogP contribution in [-0.2, 0) is 0 Å². The molecule has 5 aromatic rings. The van der Waals surface area contributed by atoms with Gasteiger partial charge in [0.1, 0.15) is 28.4 Å². The summed E-state index contributed by atoms with van der Waals surface area (Å²) in [4.78, 5) is 25.3. The topological polar surface area (TPSA) is 88.1 Å². The van der Waals surface area contributed by atoms with Gasteiger partial charge in [-0.15, -0.1) is 0 Å². The number of ether oxygens (including phenoxy) is 3. The van der Waals surface area contributed by atoms with E-state index in [2.05, 4.69) is 15.9 Å². The van der Waals surface area contributed by atoms with Crippen molar-refractivity contribution in [3.8, 4) is 28.4 Å². The lowest BCUT2D eigenvalue weighted by atomic mass is 10.0. The number of rotatable bonds is 5. The average Bonchev–Trinajstić information content (AvgIpc) is 3.26. The number of methoxy groups -OCH3 is 2. The Labute approximate surface area is 201 Å². The second-order valence-electron chi connectivity index (χ2n) is 7.40. The molecule has 5 rings (SSSR count). The summed E-state index contributed by atoms with van der Waals surface area (Å²) in [6.45, 7) is 0. The molecule has 0 aliphatic rings. The SMILES string of the molecule is COc1ccc(-c2cc3ccc(OC(=O)c4cc5cc(Br)ccc5o4)cc3oc2=O)c(OC)c1. The van der Waals surface area contributed by atoms with E-state index in [0.717, 1.165) is 9.86 Å². The van der Waals surface area contributed by atoms with Crippen LogP contribution in [0.5, 0.6) is 17.2 Å². The third-order valence-electron chi connectivity index (χ3n) is 5.30. The average molecular weight is 521 g/mol. The molecule has 0 aliphatic carbocycles. The van der Waals surface area contributed by atoms with E-state index in [0.29, 0.717) is 33.6 Å². The maximum atomic E-state index is 12.8. The van der Waals surface area contributed by atoms with Crippen LogP contribution in [0.25, 0.3) is 33.1 Å². The molecule has 0 radical (unpaired) electrons. The Morgan fingerprint density at radius 1 is 0.765 bits per heavy atom. The molecule has 0 atom stereocenters.